The molecule has 0 radical (unpaired) electrons. The van der Waals surface area contributed by atoms with Gasteiger partial charge >= 0.3 is 5.69 Å². The van der Waals surface area contributed by atoms with Crippen molar-refractivity contribution < 1.29 is 4.79 Å². The number of carbonyl (C=O) groups is 1. The minimum atomic E-state index is -0.255. The van der Waals surface area contributed by atoms with Crippen LogP contribution < -0.4 is 5.69 Å². The maximum absolute atomic E-state index is 11.1. The number of fused-ring (bicyclic) bond motifs is 1. The zero-order chi connectivity index (χ0) is 11.8. The maximum atomic E-state index is 11.1. The van der Waals surface area contributed by atoms with Crippen molar-refractivity contribution in [2.24, 2.45) is 0 Å². The fraction of sp³-hybridized carbons (Fsp3) is 0. The molecule has 2 aromatic heterocycles. The number of imidazole rings is 2. The van der Waals surface area contributed by atoms with Crippen LogP contribution in [0.15, 0.2) is 29.3 Å². The second kappa shape index (κ2) is 3.44. The summed E-state index contributed by atoms with van der Waals surface area (Å²) in [6, 6.07) is 5.34. The number of benzene rings is 1. The first-order chi connectivity index (χ1) is 8.28. The quantitative estimate of drug-likeness (QED) is 0.572. The van der Waals surface area contributed by atoms with Crippen molar-refractivity contribution in [1.29, 1.82) is 0 Å². The molecule has 0 aliphatic heterocycles. The molecule has 3 rings (SSSR count). The van der Waals surface area contributed by atoms with E-state index in [2.05, 4.69) is 19.9 Å². The molecule has 0 aliphatic carbocycles. The molecule has 6 heteroatoms. The summed E-state index contributed by atoms with van der Waals surface area (Å²) in [5.74, 6) is 0. The summed E-state index contributed by atoms with van der Waals surface area (Å²) in [6.07, 6.45) is 2.18. The zero-order valence-corrected chi connectivity index (χ0v) is 8.65. The minimum Gasteiger partial charge on any atom is -0.342 e. The Morgan fingerprint density at radius 1 is 1.18 bits per heavy atom. The molecule has 3 aromatic rings. The van der Waals surface area contributed by atoms with Crippen LogP contribution in [0.25, 0.3) is 22.3 Å². The van der Waals surface area contributed by atoms with Gasteiger partial charge in [0.05, 0.1) is 23.1 Å². The molecule has 0 saturated heterocycles. The van der Waals surface area contributed by atoms with Crippen LogP contribution in [0.3, 0.4) is 0 Å². The first-order valence-corrected chi connectivity index (χ1v) is 4.99. The lowest BCUT2D eigenvalue weighted by Crippen LogP contribution is -1.99. The number of carbonyl (C=O) groups excluding carboxylic acids is 1. The molecule has 84 valence electrons. The molecular formula is C11H8N4O2. The summed E-state index contributed by atoms with van der Waals surface area (Å²) >= 11 is 0. The summed E-state index contributed by atoms with van der Waals surface area (Å²) in [5, 5.41) is 0. The van der Waals surface area contributed by atoms with Crippen LogP contribution in [0.4, 0.5) is 0 Å². The molecule has 0 spiro atoms. The van der Waals surface area contributed by atoms with Crippen LogP contribution in [0, 0.1) is 0 Å². The summed E-state index contributed by atoms with van der Waals surface area (Å²) in [4.78, 5) is 34.1. The van der Waals surface area contributed by atoms with Gasteiger partial charge in [-0.15, -0.1) is 0 Å². The van der Waals surface area contributed by atoms with Gasteiger partial charge in [-0.3, -0.25) is 4.79 Å². The van der Waals surface area contributed by atoms with Crippen LogP contribution >= 0.6 is 0 Å². The van der Waals surface area contributed by atoms with Gasteiger partial charge in [0, 0.05) is 5.56 Å². The third-order valence-electron chi connectivity index (χ3n) is 2.58. The smallest absolute Gasteiger partial charge is 0.323 e. The van der Waals surface area contributed by atoms with Crippen LogP contribution in [-0.4, -0.2) is 26.2 Å². The molecule has 1 aromatic carbocycles. The van der Waals surface area contributed by atoms with E-state index in [0.29, 0.717) is 23.2 Å². The number of aromatic amines is 3. The van der Waals surface area contributed by atoms with Crippen LogP contribution in [0.1, 0.15) is 10.5 Å². The third kappa shape index (κ3) is 1.46. The Kier molecular flexibility index (Phi) is 1.94. The van der Waals surface area contributed by atoms with Crippen molar-refractivity contribution in [2.75, 3.05) is 0 Å². The van der Waals surface area contributed by atoms with Gasteiger partial charge in [0.25, 0.3) is 0 Å². The predicted molar refractivity (Wildman–Crippen MR) is 61.9 cm³/mol. The van der Waals surface area contributed by atoms with Crippen molar-refractivity contribution in [2.45, 2.75) is 0 Å². The number of hydrogen-bond acceptors (Lipinski definition) is 3. The van der Waals surface area contributed by atoms with E-state index in [-0.39, 0.29) is 5.69 Å². The lowest BCUT2D eigenvalue weighted by molar-refractivity contribution is 0.112. The number of nitrogens with zero attached hydrogens (tertiary/aromatic N) is 1. The lowest BCUT2D eigenvalue weighted by atomic mass is 10.1. The van der Waals surface area contributed by atoms with E-state index >= 15 is 0 Å². The topological polar surface area (TPSA) is 94.4 Å². The average molecular weight is 228 g/mol. The Labute approximate surface area is 94.7 Å². The molecule has 0 fully saturated rings. The number of hydrogen-bond donors (Lipinski definition) is 3. The van der Waals surface area contributed by atoms with Crippen LogP contribution in [0.5, 0.6) is 0 Å². The fourth-order valence-electron chi connectivity index (χ4n) is 1.80. The number of H-pyrrole nitrogens is 3. The first kappa shape index (κ1) is 9.59. The average Bonchev–Trinajstić information content (AvgIpc) is 2.91. The van der Waals surface area contributed by atoms with Crippen molar-refractivity contribution >= 4 is 17.3 Å². The predicted octanol–water partition coefficient (Wildman–Crippen LogP) is 1.06. The number of aldehydes is 1. The van der Waals surface area contributed by atoms with Gasteiger partial charge < -0.3 is 15.0 Å². The van der Waals surface area contributed by atoms with Crippen molar-refractivity contribution in [3.05, 3.63) is 40.7 Å². The Bertz CT molecular complexity index is 750. The summed E-state index contributed by atoms with van der Waals surface area (Å²) < 4.78 is 0. The number of rotatable bonds is 2. The van der Waals surface area contributed by atoms with Gasteiger partial charge in [0.1, 0.15) is 5.69 Å². The van der Waals surface area contributed by atoms with Gasteiger partial charge in [0.2, 0.25) is 0 Å². The minimum absolute atomic E-state index is 0.255. The molecule has 0 aliphatic rings. The fourth-order valence-corrected chi connectivity index (χ4v) is 1.80. The highest BCUT2D eigenvalue weighted by atomic mass is 16.1. The Morgan fingerprint density at radius 3 is 2.82 bits per heavy atom. The number of aromatic nitrogens is 4. The van der Waals surface area contributed by atoms with Gasteiger partial charge in [-0.2, -0.15) is 0 Å². The van der Waals surface area contributed by atoms with E-state index in [1.807, 2.05) is 0 Å². The standard InChI is InChI=1S/C11H8N4O2/c16-4-9-10(13-5-12-9)6-1-2-7-8(3-6)15-11(17)14-7/h1-5H,(H,12,13)(H2,14,15,17). The Morgan fingerprint density at radius 2 is 2.00 bits per heavy atom. The molecule has 0 bridgehead atoms. The Balaban J connectivity index is 2.24. The van der Waals surface area contributed by atoms with E-state index in [9.17, 15) is 9.59 Å². The molecule has 17 heavy (non-hydrogen) atoms. The van der Waals surface area contributed by atoms with Crippen LogP contribution in [0.2, 0.25) is 0 Å². The second-order valence-electron chi connectivity index (χ2n) is 3.62. The summed E-state index contributed by atoms with van der Waals surface area (Å²) in [6.45, 7) is 0. The van der Waals surface area contributed by atoms with Crippen molar-refractivity contribution in [3.8, 4) is 11.3 Å². The van der Waals surface area contributed by atoms with Gasteiger partial charge in [0.15, 0.2) is 6.29 Å². The van der Waals surface area contributed by atoms with E-state index in [1.165, 1.54) is 6.33 Å². The second-order valence-corrected chi connectivity index (χ2v) is 3.62. The highest BCUT2D eigenvalue weighted by Crippen LogP contribution is 2.22. The normalized spacial score (nSPS) is 10.8. The third-order valence-corrected chi connectivity index (χ3v) is 2.58. The SMILES string of the molecule is O=Cc1[nH]cnc1-c1ccc2[nH]c(=O)[nH]c2c1. The van der Waals surface area contributed by atoms with E-state index < -0.39 is 0 Å². The largest absolute Gasteiger partial charge is 0.342 e. The molecule has 0 amide bonds. The van der Waals surface area contributed by atoms with E-state index in [1.54, 1.807) is 18.2 Å². The summed E-state index contributed by atoms with van der Waals surface area (Å²) in [5.41, 5.74) is 2.92. The highest BCUT2D eigenvalue weighted by Gasteiger charge is 2.08. The van der Waals surface area contributed by atoms with E-state index in [4.69, 9.17) is 0 Å². The van der Waals surface area contributed by atoms with Crippen molar-refractivity contribution in [3.63, 3.8) is 0 Å². The van der Waals surface area contributed by atoms with Crippen LogP contribution in [-0.2, 0) is 0 Å². The monoisotopic (exact) mass is 228 g/mol. The molecule has 3 N–H and O–H groups in total. The first-order valence-electron chi connectivity index (χ1n) is 4.99. The maximum Gasteiger partial charge on any atom is 0.323 e. The molecule has 0 atom stereocenters. The molecular weight excluding hydrogens is 220 g/mol. The summed E-state index contributed by atoms with van der Waals surface area (Å²) in [7, 11) is 0. The molecule has 2 heterocycles. The molecule has 0 saturated carbocycles. The number of nitrogens with one attached hydrogen (secondary N) is 3. The Hall–Kier alpha value is -2.63. The van der Waals surface area contributed by atoms with Gasteiger partial charge in [-0.05, 0) is 12.1 Å². The van der Waals surface area contributed by atoms with Gasteiger partial charge in [-0.25, -0.2) is 9.78 Å². The lowest BCUT2D eigenvalue weighted by Gasteiger charge is -1.97. The molecule has 0 unspecified atom stereocenters. The molecule has 6 nitrogen and oxygen atoms in total. The zero-order valence-electron chi connectivity index (χ0n) is 8.65. The van der Waals surface area contributed by atoms with Crippen molar-refractivity contribution in [1.82, 2.24) is 19.9 Å². The highest BCUT2D eigenvalue weighted by molar-refractivity contribution is 5.87. The van der Waals surface area contributed by atoms with E-state index in [0.717, 1.165) is 11.1 Å². The van der Waals surface area contributed by atoms with Gasteiger partial charge in [-0.1, -0.05) is 6.07 Å².